The van der Waals surface area contributed by atoms with Crippen LogP contribution in [0.4, 0.5) is 0 Å². The molecule has 0 heterocycles. The van der Waals surface area contributed by atoms with Gasteiger partial charge in [0, 0.05) is 6.04 Å². The van der Waals surface area contributed by atoms with Crippen LogP contribution in [0.15, 0.2) is 24.3 Å². The third-order valence-electron chi connectivity index (χ3n) is 3.63. The molecule has 0 aliphatic carbocycles. The maximum atomic E-state index is 3.53. The summed E-state index contributed by atoms with van der Waals surface area (Å²) in [4.78, 5) is 0. The Labute approximate surface area is 107 Å². The molecule has 0 radical (unpaired) electrons. The van der Waals surface area contributed by atoms with Gasteiger partial charge in [0.2, 0.25) is 0 Å². The second kappa shape index (κ2) is 7.50. The van der Waals surface area contributed by atoms with Crippen molar-refractivity contribution in [2.45, 2.75) is 58.9 Å². The molecular weight excluding hydrogens is 206 g/mol. The first-order valence-electron chi connectivity index (χ1n) is 7.03. The van der Waals surface area contributed by atoms with Gasteiger partial charge in [-0.25, -0.2) is 0 Å². The summed E-state index contributed by atoms with van der Waals surface area (Å²) in [5, 5.41) is 3.53. The van der Waals surface area contributed by atoms with Gasteiger partial charge < -0.3 is 5.32 Å². The number of hydrogen-bond acceptors (Lipinski definition) is 1. The molecule has 1 aromatic carbocycles. The van der Waals surface area contributed by atoms with E-state index in [1.165, 1.54) is 24.0 Å². The van der Waals surface area contributed by atoms with Crippen molar-refractivity contribution < 1.29 is 0 Å². The quantitative estimate of drug-likeness (QED) is 0.746. The fraction of sp³-hybridized carbons (Fsp3) is 0.625. The van der Waals surface area contributed by atoms with Crippen LogP contribution in [0, 0.1) is 0 Å². The van der Waals surface area contributed by atoms with Crippen molar-refractivity contribution in [3.8, 4) is 0 Å². The molecule has 1 heteroatoms. The first kappa shape index (κ1) is 14.2. The van der Waals surface area contributed by atoms with Crippen LogP contribution < -0.4 is 5.32 Å². The summed E-state index contributed by atoms with van der Waals surface area (Å²) in [5.74, 6) is 0.680. The van der Waals surface area contributed by atoms with Crippen LogP contribution in [-0.2, 0) is 6.42 Å². The van der Waals surface area contributed by atoms with Crippen molar-refractivity contribution in [3.63, 3.8) is 0 Å². The van der Waals surface area contributed by atoms with Gasteiger partial charge in [-0.2, -0.15) is 0 Å². The molecule has 1 rings (SSSR count). The Balaban J connectivity index is 2.61. The van der Waals surface area contributed by atoms with E-state index in [-0.39, 0.29) is 0 Å². The third kappa shape index (κ3) is 4.51. The predicted octanol–water partition coefficient (Wildman–Crippen LogP) is 4.13. The van der Waals surface area contributed by atoms with Gasteiger partial charge in [-0.15, -0.1) is 0 Å². The Morgan fingerprint density at radius 2 is 1.65 bits per heavy atom. The largest absolute Gasteiger partial charge is 0.314 e. The van der Waals surface area contributed by atoms with E-state index in [0.29, 0.717) is 12.0 Å². The van der Waals surface area contributed by atoms with Crippen LogP contribution in [0.2, 0.25) is 0 Å². The first-order valence-corrected chi connectivity index (χ1v) is 7.03. The molecule has 2 atom stereocenters. The van der Waals surface area contributed by atoms with Crippen LogP contribution in [0.25, 0.3) is 0 Å². The monoisotopic (exact) mass is 233 g/mol. The highest BCUT2D eigenvalue weighted by Gasteiger charge is 2.07. The van der Waals surface area contributed by atoms with Crippen molar-refractivity contribution >= 4 is 0 Å². The summed E-state index contributed by atoms with van der Waals surface area (Å²) in [7, 11) is 0. The lowest BCUT2D eigenvalue weighted by atomic mass is 9.96. The number of likely N-dealkylation sites (N-methyl/N-ethyl adjacent to an activating group) is 1. The molecule has 0 fully saturated rings. The Morgan fingerprint density at radius 1 is 1.00 bits per heavy atom. The van der Waals surface area contributed by atoms with Crippen LogP contribution in [0.5, 0.6) is 0 Å². The van der Waals surface area contributed by atoms with Gasteiger partial charge in [0.05, 0.1) is 0 Å². The van der Waals surface area contributed by atoms with Crippen LogP contribution in [-0.4, -0.2) is 12.6 Å². The third-order valence-corrected chi connectivity index (χ3v) is 3.63. The number of hydrogen-bond donors (Lipinski definition) is 1. The fourth-order valence-electron chi connectivity index (χ4n) is 2.15. The Morgan fingerprint density at radius 3 is 2.12 bits per heavy atom. The van der Waals surface area contributed by atoms with Gasteiger partial charge in [0.25, 0.3) is 0 Å². The summed E-state index contributed by atoms with van der Waals surface area (Å²) in [6, 6.07) is 9.79. The minimum atomic E-state index is 0.620. The molecule has 0 saturated heterocycles. The molecule has 1 nitrogen and oxygen atoms in total. The van der Waals surface area contributed by atoms with Crippen LogP contribution >= 0.6 is 0 Å². The smallest absolute Gasteiger partial charge is 0.0105 e. The summed E-state index contributed by atoms with van der Waals surface area (Å²) in [5.41, 5.74) is 2.91. The van der Waals surface area contributed by atoms with Crippen molar-refractivity contribution in [3.05, 3.63) is 35.4 Å². The van der Waals surface area contributed by atoms with Gasteiger partial charge >= 0.3 is 0 Å². The highest BCUT2D eigenvalue weighted by Crippen LogP contribution is 2.19. The van der Waals surface area contributed by atoms with Crippen molar-refractivity contribution in [1.29, 1.82) is 0 Å². The van der Waals surface area contributed by atoms with Gasteiger partial charge in [-0.05, 0) is 42.9 Å². The molecular formula is C16H27N. The lowest BCUT2D eigenvalue weighted by molar-refractivity contribution is 0.510. The normalized spacial score (nSPS) is 14.6. The number of benzene rings is 1. The summed E-state index contributed by atoms with van der Waals surface area (Å²) < 4.78 is 0. The summed E-state index contributed by atoms with van der Waals surface area (Å²) in [6.07, 6.45) is 3.56. The maximum Gasteiger partial charge on any atom is 0.0105 e. The zero-order chi connectivity index (χ0) is 12.7. The minimum absolute atomic E-state index is 0.620. The molecule has 17 heavy (non-hydrogen) atoms. The number of nitrogens with one attached hydrogen (secondary N) is 1. The van der Waals surface area contributed by atoms with Gasteiger partial charge in [-0.1, -0.05) is 52.0 Å². The average molecular weight is 233 g/mol. The molecule has 0 aliphatic rings. The number of rotatable bonds is 7. The second-order valence-corrected chi connectivity index (χ2v) is 4.92. The summed E-state index contributed by atoms with van der Waals surface area (Å²) in [6.45, 7) is 10.0. The Bertz CT molecular complexity index is 302. The van der Waals surface area contributed by atoms with Crippen molar-refractivity contribution in [2.24, 2.45) is 0 Å². The highest BCUT2D eigenvalue weighted by atomic mass is 14.9. The molecule has 1 aromatic rings. The topological polar surface area (TPSA) is 12.0 Å². The highest BCUT2D eigenvalue weighted by molar-refractivity contribution is 5.25. The van der Waals surface area contributed by atoms with E-state index >= 15 is 0 Å². The van der Waals surface area contributed by atoms with Crippen LogP contribution in [0.3, 0.4) is 0 Å². The molecule has 0 aromatic heterocycles. The molecule has 0 amide bonds. The molecule has 1 N–H and O–H groups in total. The zero-order valence-electron chi connectivity index (χ0n) is 11.8. The SMILES string of the molecule is CCNC(CC)Cc1ccc(C(C)CC)cc1. The molecule has 0 aliphatic heterocycles. The van der Waals surface area contributed by atoms with E-state index in [2.05, 4.69) is 57.3 Å². The molecule has 2 unspecified atom stereocenters. The fourth-order valence-corrected chi connectivity index (χ4v) is 2.15. The zero-order valence-corrected chi connectivity index (χ0v) is 11.8. The Kier molecular flexibility index (Phi) is 6.28. The van der Waals surface area contributed by atoms with E-state index in [0.717, 1.165) is 13.0 Å². The predicted molar refractivity (Wildman–Crippen MR) is 76.6 cm³/mol. The van der Waals surface area contributed by atoms with E-state index in [1.54, 1.807) is 0 Å². The van der Waals surface area contributed by atoms with Crippen molar-refractivity contribution in [1.82, 2.24) is 5.32 Å². The maximum absolute atomic E-state index is 3.53. The molecule has 0 bridgehead atoms. The van der Waals surface area contributed by atoms with E-state index in [4.69, 9.17) is 0 Å². The Hall–Kier alpha value is -0.820. The molecule has 0 saturated carbocycles. The van der Waals surface area contributed by atoms with E-state index in [1.807, 2.05) is 0 Å². The van der Waals surface area contributed by atoms with Gasteiger partial charge in [0.15, 0.2) is 0 Å². The standard InChI is InChI=1S/C16H27N/c1-5-13(4)15-10-8-14(9-11-15)12-16(6-2)17-7-3/h8-11,13,16-17H,5-7,12H2,1-4H3. The first-order chi connectivity index (χ1) is 8.21. The van der Waals surface area contributed by atoms with Gasteiger partial charge in [0.1, 0.15) is 0 Å². The minimum Gasteiger partial charge on any atom is -0.314 e. The second-order valence-electron chi connectivity index (χ2n) is 4.92. The van der Waals surface area contributed by atoms with E-state index < -0.39 is 0 Å². The van der Waals surface area contributed by atoms with Crippen LogP contribution in [0.1, 0.15) is 57.6 Å². The molecule has 96 valence electrons. The lowest BCUT2D eigenvalue weighted by Gasteiger charge is -2.16. The lowest BCUT2D eigenvalue weighted by Crippen LogP contribution is -2.30. The average Bonchev–Trinajstić information content (AvgIpc) is 2.38. The molecule has 0 spiro atoms. The van der Waals surface area contributed by atoms with E-state index in [9.17, 15) is 0 Å². The van der Waals surface area contributed by atoms with Gasteiger partial charge in [-0.3, -0.25) is 0 Å². The van der Waals surface area contributed by atoms with Crippen molar-refractivity contribution in [2.75, 3.05) is 6.54 Å². The summed E-state index contributed by atoms with van der Waals surface area (Å²) >= 11 is 0.